The van der Waals surface area contributed by atoms with Gasteiger partial charge >= 0.3 is 0 Å². The monoisotopic (exact) mass is 417 g/mol. The largest absolute Gasteiger partial charge is 0.489 e. The minimum Gasteiger partial charge on any atom is -0.489 e. The Labute approximate surface area is 182 Å². The van der Waals surface area contributed by atoms with Gasteiger partial charge in [-0.1, -0.05) is 53.7 Å². The first kappa shape index (κ1) is 19.8. The van der Waals surface area contributed by atoms with Crippen molar-refractivity contribution in [3.63, 3.8) is 0 Å². The number of amides is 1. The van der Waals surface area contributed by atoms with Crippen molar-refractivity contribution >= 4 is 5.91 Å². The zero-order chi connectivity index (χ0) is 21.2. The van der Waals surface area contributed by atoms with Gasteiger partial charge in [0.05, 0.1) is 18.3 Å². The number of benzene rings is 2. The molecule has 1 saturated heterocycles. The third-order valence-corrected chi connectivity index (χ3v) is 6.06. The van der Waals surface area contributed by atoms with Crippen LogP contribution >= 0.6 is 0 Å². The van der Waals surface area contributed by atoms with Crippen molar-refractivity contribution in [1.29, 1.82) is 0 Å². The highest BCUT2D eigenvalue weighted by molar-refractivity contribution is 5.92. The molecular formula is C24H27N5O2. The van der Waals surface area contributed by atoms with Gasteiger partial charge < -0.3 is 10.1 Å². The molecule has 7 heteroatoms. The van der Waals surface area contributed by atoms with E-state index in [1.807, 2.05) is 36.4 Å². The molecule has 31 heavy (non-hydrogen) atoms. The number of aromatic nitrogens is 3. The van der Waals surface area contributed by atoms with E-state index in [0.717, 1.165) is 42.8 Å². The van der Waals surface area contributed by atoms with Crippen molar-refractivity contribution in [2.75, 3.05) is 13.1 Å². The van der Waals surface area contributed by atoms with E-state index in [0.29, 0.717) is 18.3 Å². The van der Waals surface area contributed by atoms with Crippen LogP contribution in [0.25, 0.3) is 0 Å². The van der Waals surface area contributed by atoms with Crippen molar-refractivity contribution in [3.8, 4) is 5.75 Å². The molecule has 1 unspecified atom stereocenters. The van der Waals surface area contributed by atoms with Crippen LogP contribution in [0.3, 0.4) is 0 Å². The van der Waals surface area contributed by atoms with Crippen molar-refractivity contribution in [2.45, 2.75) is 44.5 Å². The van der Waals surface area contributed by atoms with Crippen LogP contribution in [0.15, 0.2) is 60.8 Å². The zero-order valence-corrected chi connectivity index (χ0v) is 17.6. The second kappa shape index (κ2) is 8.51. The number of carbonyl (C=O) groups excluding carboxylic acids is 1. The Morgan fingerprint density at radius 1 is 1.13 bits per heavy atom. The maximum absolute atomic E-state index is 12.5. The number of carbonyl (C=O) groups is 1. The predicted octanol–water partition coefficient (Wildman–Crippen LogP) is 3.37. The Balaban J connectivity index is 1.15. The molecule has 1 N–H and O–H groups in total. The van der Waals surface area contributed by atoms with E-state index in [4.69, 9.17) is 4.74 Å². The van der Waals surface area contributed by atoms with E-state index in [-0.39, 0.29) is 18.0 Å². The predicted molar refractivity (Wildman–Crippen MR) is 117 cm³/mol. The van der Waals surface area contributed by atoms with Gasteiger partial charge in [-0.25, -0.2) is 4.68 Å². The summed E-state index contributed by atoms with van der Waals surface area (Å²) in [7, 11) is 0. The van der Waals surface area contributed by atoms with Crippen LogP contribution in [-0.2, 0) is 6.61 Å². The quantitative estimate of drug-likeness (QED) is 0.608. The standard InChI is InChI=1S/C24H27N5O2/c1-17(21-9-5-6-10-23(21)31-16-18-7-3-2-4-8-18)28-13-19(14-28)25-24(30)22-15-29(27-26-22)20-11-12-20/h2-10,15,17,19-20H,11-14,16H2,1H3,(H,25,30). The van der Waals surface area contributed by atoms with E-state index >= 15 is 0 Å². The molecule has 0 bridgehead atoms. The molecule has 1 atom stereocenters. The number of rotatable bonds is 8. The Morgan fingerprint density at radius 3 is 2.65 bits per heavy atom. The summed E-state index contributed by atoms with van der Waals surface area (Å²) in [6, 6.07) is 19.1. The summed E-state index contributed by atoms with van der Waals surface area (Å²) < 4.78 is 7.93. The van der Waals surface area contributed by atoms with Crippen LogP contribution in [0, 0.1) is 0 Å². The van der Waals surface area contributed by atoms with Crippen LogP contribution in [0.5, 0.6) is 5.75 Å². The molecule has 1 aliphatic heterocycles. The van der Waals surface area contributed by atoms with Gasteiger partial charge in [-0.15, -0.1) is 5.10 Å². The number of hydrogen-bond acceptors (Lipinski definition) is 5. The van der Waals surface area contributed by atoms with Crippen LogP contribution in [0.4, 0.5) is 0 Å². The van der Waals surface area contributed by atoms with E-state index in [1.54, 1.807) is 10.9 Å². The molecule has 0 radical (unpaired) electrons. The number of nitrogens with one attached hydrogen (secondary N) is 1. The molecule has 3 aromatic rings. The maximum atomic E-state index is 12.5. The van der Waals surface area contributed by atoms with E-state index in [2.05, 4.69) is 45.7 Å². The first-order valence-corrected chi connectivity index (χ1v) is 10.9. The van der Waals surface area contributed by atoms with Gasteiger partial charge in [-0.3, -0.25) is 9.69 Å². The lowest BCUT2D eigenvalue weighted by Gasteiger charge is -2.43. The average Bonchev–Trinajstić information content (AvgIpc) is 3.51. The van der Waals surface area contributed by atoms with Gasteiger partial charge in [0.1, 0.15) is 12.4 Å². The molecule has 2 aliphatic rings. The molecule has 1 aliphatic carbocycles. The van der Waals surface area contributed by atoms with E-state index in [1.165, 1.54) is 0 Å². The van der Waals surface area contributed by atoms with Gasteiger partial charge in [-0.2, -0.15) is 0 Å². The molecule has 1 saturated carbocycles. The lowest BCUT2D eigenvalue weighted by molar-refractivity contribution is 0.0663. The number of likely N-dealkylation sites (tertiary alicyclic amines) is 1. The summed E-state index contributed by atoms with van der Waals surface area (Å²) in [6.07, 6.45) is 4.00. The van der Waals surface area contributed by atoms with Crippen LogP contribution in [0.1, 0.15) is 53.5 Å². The summed E-state index contributed by atoms with van der Waals surface area (Å²) in [6.45, 7) is 4.34. The van der Waals surface area contributed by atoms with Gasteiger partial charge in [0.25, 0.3) is 5.91 Å². The number of nitrogens with zero attached hydrogens (tertiary/aromatic N) is 4. The maximum Gasteiger partial charge on any atom is 0.273 e. The van der Waals surface area contributed by atoms with Gasteiger partial charge in [0, 0.05) is 24.7 Å². The summed E-state index contributed by atoms with van der Waals surface area (Å²) in [4.78, 5) is 14.8. The molecule has 0 spiro atoms. The van der Waals surface area contributed by atoms with Crippen molar-refractivity contribution in [2.24, 2.45) is 0 Å². The first-order chi connectivity index (χ1) is 15.2. The molecule has 1 aromatic heterocycles. The third-order valence-electron chi connectivity index (χ3n) is 6.06. The zero-order valence-electron chi connectivity index (χ0n) is 17.6. The fourth-order valence-corrected chi connectivity index (χ4v) is 3.97. The Morgan fingerprint density at radius 2 is 1.87 bits per heavy atom. The fraction of sp³-hybridized carbons (Fsp3) is 0.375. The van der Waals surface area contributed by atoms with Crippen molar-refractivity contribution < 1.29 is 9.53 Å². The highest BCUT2D eigenvalue weighted by atomic mass is 16.5. The van der Waals surface area contributed by atoms with Gasteiger partial charge in [0.15, 0.2) is 5.69 Å². The Hall–Kier alpha value is -3.19. The highest BCUT2D eigenvalue weighted by Gasteiger charge is 2.34. The number of hydrogen-bond donors (Lipinski definition) is 1. The molecular weight excluding hydrogens is 390 g/mol. The summed E-state index contributed by atoms with van der Waals surface area (Å²) in [5.74, 6) is 0.763. The van der Waals surface area contributed by atoms with Crippen LogP contribution in [-0.4, -0.2) is 44.9 Å². The molecule has 2 aromatic carbocycles. The summed E-state index contributed by atoms with van der Waals surface area (Å²) in [5.41, 5.74) is 2.71. The lowest BCUT2D eigenvalue weighted by atomic mass is 9.99. The molecule has 2 fully saturated rings. The molecule has 1 amide bonds. The van der Waals surface area contributed by atoms with Crippen molar-refractivity contribution in [3.05, 3.63) is 77.6 Å². The molecule has 7 nitrogen and oxygen atoms in total. The summed E-state index contributed by atoms with van der Waals surface area (Å²) >= 11 is 0. The minimum absolute atomic E-state index is 0.124. The van der Waals surface area contributed by atoms with Gasteiger partial charge in [-0.05, 0) is 31.4 Å². The van der Waals surface area contributed by atoms with Crippen LogP contribution in [0.2, 0.25) is 0 Å². The molecule has 160 valence electrons. The summed E-state index contributed by atoms with van der Waals surface area (Å²) in [5, 5.41) is 11.2. The smallest absolute Gasteiger partial charge is 0.273 e. The number of ether oxygens (including phenoxy) is 1. The van der Waals surface area contributed by atoms with Crippen LogP contribution < -0.4 is 10.1 Å². The first-order valence-electron chi connectivity index (χ1n) is 10.9. The minimum atomic E-state index is -0.143. The third kappa shape index (κ3) is 4.46. The molecule has 5 rings (SSSR count). The molecule has 2 heterocycles. The van der Waals surface area contributed by atoms with E-state index < -0.39 is 0 Å². The van der Waals surface area contributed by atoms with Crippen molar-refractivity contribution in [1.82, 2.24) is 25.2 Å². The van der Waals surface area contributed by atoms with Gasteiger partial charge in [0.2, 0.25) is 0 Å². The topological polar surface area (TPSA) is 72.3 Å². The van der Waals surface area contributed by atoms with E-state index in [9.17, 15) is 4.79 Å². The second-order valence-electron chi connectivity index (χ2n) is 8.43. The number of para-hydroxylation sites is 1. The fourth-order valence-electron chi connectivity index (χ4n) is 3.97. The second-order valence-corrected chi connectivity index (χ2v) is 8.43. The SMILES string of the molecule is CC(c1ccccc1OCc1ccccc1)N1CC(NC(=O)c2cn(C3CC3)nn2)C1. The normalized spacial score (nSPS) is 17.7. The lowest BCUT2D eigenvalue weighted by Crippen LogP contribution is -2.59. The Bertz CT molecular complexity index is 1040. The average molecular weight is 418 g/mol. The highest BCUT2D eigenvalue weighted by Crippen LogP contribution is 2.34. The Kier molecular flexibility index (Phi) is 5.42.